The van der Waals surface area contributed by atoms with Crippen LogP contribution < -0.4 is 5.32 Å². The molecule has 1 fully saturated rings. The third kappa shape index (κ3) is 0.992. The molecule has 5 heteroatoms. The summed E-state index contributed by atoms with van der Waals surface area (Å²) >= 11 is 1.58. The quantitative estimate of drug-likeness (QED) is 0.454. The van der Waals surface area contributed by atoms with Crippen LogP contribution in [0.25, 0.3) is 0 Å². The summed E-state index contributed by atoms with van der Waals surface area (Å²) in [5, 5.41) is 13.4. The highest BCUT2D eigenvalue weighted by Gasteiger charge is 2.47. The van der Waals surface area contributed by atoms with E-state index in [1.807, 2.05) is 6.92 Å². The molecule has 1 rings (SSSR count). The van der Waals surface area contributed by atoms with Gasteiger partial charge in [0.15, 0.2) is 0 Å². The molecule has 0 aliphatic carbocycles. The summed E-state index contributed by atoms with van der Waals surface area (Å²) in [5.74, 6) is 0.679. The molecular formula is C5H10N2O2S. The van der Waals surface area contributed by atoms with E-state index in [1.165, 1.54) is 0 Å². The van der Waals surface area contributed by atoms with Crippen molar-refractivity contribution in [3.63, 3.8) is 0 Å². The van der Waals surface area contributed by atoms with Gasteiger partial charge in [-0.25, -0.2) is 5.32 Å². The third-order valence-electron chi connectivity index (χ3n) is 1.93. The molecule has 4 nitrogen and oxygen atoms in total. The Bertz CT molecular complexity index is 164. The molecule has 0 aromatic carbocycles. The van der Waals surface area contributed by atoms with Gasteiger partial charge in [-0.2, -0.15) is 0 Å². The highest BCUT2D eigenvalue weighted by atomic mass is 32.2. The Kier molecular flexibility index (Phi) is 1.87. The maximum Gasteiger partial charge on any atom is 0.284 e. The van der Waals surface area contributed by atoms with Crippen LogP contribution in [0.15, 0.2) is 0 Å². The van der Waals surface area contributed by atoms with E-state index in [-0.39, 0.29) is 10.2 Å². The summed E-state index contributed by atoms with van der Waals surface area (Å²) in [6, 6.07) is 0. The van der Waals surface area contributed by atoms with E-state index in [4.69, 9.17) is 0 Å². The standard InChI is InChI=1S/C5H10N2O2S/c1-4-5(2,7(8)9)6-3-10-4/h4,6H,3H2,1-2H3. The van der Waals surface area contributed by atoms with E-state index < -0.39 is 5.66 Å². The van der Waals surface area contributed by atoms with Gasteiger partial charge in [-0.15, -0.1) is 11.8 Å². The first kappa shape index (κ1) is 7.81. The summed E-state index contributed by atoms with van der Waals surface area (Å²) in [5.41, 5.74) is -0.912. The van der Waals surface area contributed by atoms with Gasteiger partial charge in [-0.1, -0.05) is 0 Å². The smallest absolute Gasteiger partial charge is 0.263 e. The van der Waals surface area contributed by atoms with Crippen LogP contribution >= 0.6 is 11.8 Å². The zero-order chi connectivity index (χ0) is 7.78. The molecule has 0 radical (unpaired) electrons. The summed E-state index contributed by atoms with van der Waals surface area (Å²) < 4.78 is 0. The maximum atomic E-state index is 10.5. The fraction of sp³-hybridized carbons (Fsp3) is 1.00. The Balaban J connectivity index is 2.75. The third-order valence-corrected chi connectivity index (χ3v) is 3.20. The maximum absolute atomic E-state index is 10.5. The minimum Gasteiger partial charge on any atom is -0.263 e. The molecule has 10 heavy (non-hydrogen) atoms. The second kappa shape index (κ2) is 2.39. The van der Waals surface area contributed by atoms with Crippen molar-refractivity contribution in [3.8, 4) is 0 Å². The summed E-state index contributed by atoms with van der Waals surface area (Å²) in [7, 11) is 0. The predicted molar refractivity (Wildman–Crippen MR) is 40.5 cm³/mol. The van der Waals surface area contributed by atoms with Crippen molar-refractivity contribution in [2.24, 2.45) is 0 Å². The molecule has 2 unspecified atom stereocenters. The van der Waals surface area contributed by atoms with Crippen molar-refractivity contribution in [1.82, 2.24) is 5.32 Å². The summed E-state index contributed by atoms with van der Waals surface area (Å²) in [4.78, 5) is 10.2. The topological polar surface area (TPSA) is 55.2 Å². The van der Waals surface area contributed by atoms with Crippen molar-refractivity contribution >= 4 is 11.8 Å². The Labute approximate surface area is 63.5 Å². The van der Waals surface area contributed by atoms with E-state index >= 15 is 0 Å². The van der Waals surface area contributed by atoms with Gasteiger partial charge in [0.05, 0.1) is 5.25 Å². The molecule has 1 aliphatic heterocycles. The van der Waals surface area contributed by atoms with E-state index in [0.29, 0.717) is 5.88 Å². The first-order valence-electron chi connectivity index (χ1n) is 3.08. The zero-order valence-corrected chi connectivity index (χ0v) is 6.77. The van der Waals surface area contributed by atoms with Gasteiger partial charge in [-0.3, -0.25) is 10.1 Å². The van der Waals surface area contributed by atoms with Crippen molar-refractivity contribution in [2.75, 3.05) is 5.88 Å². The van der Waals surface area contributed by atoms with E-state index in [9.17, 15) is 10.1 Å². The minimum atomic E-state index is -0.912. The fourth-order valence-electron chi connectivity index (χ4n) is 0.832. The van der Waals surface area contributed by atoms with Crippen molar-refractivity contribution in [1.29, 1.82) is 0 Å². The molecule has 1 heterocycles. The first-order valence-corrected chi connectivity index (χ1v) is 4.13. The highest BCUT2D eigenvalue weighted by molar-refractivity contribution is 8.00. The molecule has 0 aromatic heterocycles. The largest absolute Gasteiger partial charge is 0.284 e. The van der Waals surface area contributed by atoms with Crippen LogP contribution in [0.5, 0.6) is 0 Å². The molecule has 0 amide bonds. The number of hydrogen-bond acceptors (Lipinski definition) is 4. The zero-order valence-electron chi connectivity index (χ0n) is 5.96. The molecule has 0 aromatic rings. The van der Waals surface area contributed by atoms with Crippen LogP contribution in [0.3, 0.4) is 0 Å². The monoisotopic (exact) mass is 162 g/mol. The summed E-state index contributed by atoms with van der Waals surface area (Å²) in [6.07, 6.45) is 0. The molecule has 0 saturated carbocycles. The molecule has 1 N–H and O–H groups in total. The van der Waals surface area contributed by atoms with Crippen LogP contribution in [-0.4, -0.2) is 21.7 Å². The molecule has 1 aliphatic rings. The van der Waals surface area contributed by atoms with Gasteiger partial charge in [-0.05, 0) is 6.92 Å². The van der Waals surface area contributed by atoms with E-state index in [0.717, 1.165) is 0 Å². The Morgan fingerprint density at radius 3 is 2.70 bits per heavy atom. The summed E-state index contributed by atoms with van der Waals surface area (Å²) in [6.45, 7) is 3.49. The van der Waals surface area contributed by atoms with Crippen LogP contribution in [0.1, 0.15) is 13.8 Å². The van der Waals surface area contributed by atoms with Gasteiger partial charge in [0, 0.05) is 17.7 Å². The predicted octanol–water partition coefficient (Wildman–Crippen LogP) is 0.662. The molecule has 2 atom stereocenters. The molecule has 0 bridgehead atoms. The van der Waals surface area contributed by atoms with Gasteiger partial charge >= 0.3 is 0 Å². The second-order valence-electron chi connectivity index (χ2n) is 2.53. The number of nitrogens with zero attached hydrogens (tertiary/aromatic N) is 1. The SMILES string of the molecule is CC1SCNC1(C)[N+](=O)[O-]. The van der Waals surface area contributed by atoms with Crippen LogP contribution in [0.4, 0.5) is 0 Å². The Morgan fingerprint density at radius 2 is 2.50 bits per heavy atom. The molecule has 1 saturated heterocycles. The first-order chi connectivity index (χ1) is 4.57. The second-order valence-corrected chi connectivity index (χ2v) is 3.86. The van der Waals surface area contributed by atoms with Crippen LogP contribution in [-0.2, 0) is 0 Å². The van der Waals surface area contributed by atoms with Gasteiger partial charge in [0.2, 0.25) is 0 Å². The number of thioether (sulfide) groups is 1. The highest BCUT2D eigenvalue weighted by Crippen LogP contribution is 2.29. The van der Waals surface area contributed by atoms with Gasteiger partial charge in [0.25, 0.3) is 5.66 Å². The van der Waals surface area contributed by atoms with E-state index in [1.54, 1.807) is 18.7 Å². The molecular weight excluding hydrogens is 152 g/mol. The van der Waals surface area contributed by atoms with Crippen molar-refractivity contribution < 1.29 is 4.92 Å². The fourth-order valence-corrected chi connectivity index (χ4v) is 1.95. The average molecular weight is 162 g/mol. The number of nitrogens with one attached hydrogen (secondary N) is 1. The lowest BCUT2D eigenvalue weighted by Crippen LogP contribution is -2.50. The minimum absolute atomic E-state index is 0.0579. The lowest BCUT2D eigenvalue weighted by molar-refractivity contribution is -0.569. The van der Waals surface area contributed by atoms with E-state index in [2.05, 4.69) is 5.32 Å². The number of nitro groups is 1. The Morgan fingerprint density at radius 1 is 1.90 bits per heavy atom. The van der Waals surface area contributed by atoms with Crippen molar-refractivity contribution in [2.45, 2.75) is 24.8 Å². The van der Waals surface area contributed by atoms with Gasteiger partial charge in [0.1, 0.15) is 0 Å². The molecule has 58 valence electrons. The molecule has 0 spiro atoms. The van der Waals surface area contributed by atoms with Crippen LogP contribution in [0.2, 0.25) is 0 Å². The van der Waals surface area contributed by atoms with Crippen LogP contribution in [0, 0.1) is 10.1 Å². The Hall–Kier alpha value is -0.290. The van der Waals surface area contributed by atoms with Gasteiger partial charge < -0.3 is 0 Å². The van der Waals surface area contributed by atoms with Crippen molar-refractivity contribution in [3.05, 3.63) is 10.1 Å². The average Bonchev–Trinajstić information content (AvgIpc) is 2.15. The lowest BCUT2D eigenvalue weighted by atomic mass is 10.1. The number of rotatable bonds is 1. The normalized spacial score (nSPS) is 40.0. The number of hydrogen-bond donors (Lipinski definition) is 1. The lowest BCUT2D eigenvalue weighted by Gasteiger charge is -2.17.